The summed E-state index contributed by atoms with van der Waals surface area (Å²) in [5.74, 6) is 0.449. The first-order chi connectivity index (χ1) is 5.83. The molecular weight excluding hydrogens is 229 g/mol. The molecule has 0 bridgehead atoms. The Morgan fingerprint density at radius 1 is 1.46 bits per heavy atom. The molecule has 0 aromatic heterocycles. The molecule has 0 radical (unpaired) electrons. The molecule has 1 unspecified atom stereocenters. The SMILES string of the molecule is O=S(=O)(NC1CNCS1)C(F)(F)F. The van der Waals surface area contributed by atoms with Crippen LogP contribution >= 0.6 is 11.8 Å². The molecule has 1 aliphatic rings. The molecule has 13 heavy (non-hydrogen) atoms. The van der Waals surface area contributed by atoms with Crippen LogP contribution in [0, 0.1) is 0 Å². The Labute approximate surface area is 77.3 Å². The minimum Gasteiger partial charge on any atom is -0.305 e. The highest BCUT2D eigenvalue weighted by Gasteiger charge is 2.47. The predicted octanol–water partition coefficient (Wildman–Crippen LogP) is 0.0456. The van der Waals surface area contributed by atoms with Gasteiger partial charge in [-0.25, -0.2) is 8.42 Å². The van der Waals surface area contributed by atoms with E-state index in [0.29, 0.717) is 5.88 Å². The van der Waals surface area contributed by atoms with Gasteiger partial charge < -0.3 is 5.32 Å². The van der Waals surface area contributed by atoms with Crippen LogP contribution in [0.5, 0.6) is 0 Å². The van der Waals surface area contributed by atoms with Gasteiger partial charge in [-0.1, -0.05) is 0 Å². The molecule has 2 N–H and O–H groups in total. The molecule has 4 nitrogen and oxygen atoms in total. The van der Waals surface area contributed by atoms with E-state index in [0.717, 1.165) is 11.8 Å². The second-order valence-electron chi connectivity index (χ2n) is 2.32. The maximum absolute atomic E-state index is 11.8. The van der Waals surface area contributed by atoms with Crippen molar-refractivity contribution in [3.63, 3.8) is 0 Å². The lowest BCUT2D eigenvalue weighted by Crippen LogP contribution is -2.42. The summed E-state index contributed by atoms with van der Waals surface area (Å²) in [6.45, 7) is 0.208. The predicted molar refractivity (Wildman–Crippen MR) is 42.4 cm³/mol. The summed E-state index contributed by atoms with van der Waals surface area (Å²) in [5.41, 5.74) is -5.23. The molecule has 0 spiro atoms. The third kappa shape index (κ3) is 2.73. The van der Waals surface area contributed by atoms with E-state index in [-0.39, 0.29) is 6.54 Å². The monoisotopic (exact) mass is 236 g/mol. The van der Waals surface area contributed by atoms with E-state index in [9.17, 15) is 21.6 Å². The highest BCUT2D eigenvalue weighted by Crippen LogP contribution is 2.24. The normalized spacial score (nSPS) is 25.0. The Balaban J connectivity index is 2.62. The van der Waals surface area contributed by atoms with Crippen LogP contribution in [0.25, 0.3) is 0 Å². The van der Waals surface area contributed by atoms with Gasteiger partial charge in [0.2, 0.25) is 0 Å². The van der Waals surface area contributed by atoms with Crippen molar-refractivity contribution in [2.75, 3.05) is 12.4 Å². The molecule has 1 fully saturated rings. The van der Waals surface area contributed by atoms with Gasteiger partial charge in [0.1, 0.15) is 0 Å². The first-order valence-corrected chi connectivity index (χ1v) is 5.77. The fourth-order valence-corrected chi connectivity index (χ4v) is 2.61. The number of nitrogens with one attached hydrogen (secondary N) is 2. The van der Waals surface area contributed by atoms with Gasteiger partial charge in [-0.2, -0.15) is 17.9 Å². The van der Waals surface area contributed by atoms with E-state index in [1.165, 1.54) is 0 Å². The summed E-state index contributed by atoms with van der Waals surface area (Å²) in [6, 6.07) is 0. The molecule has 1 heterocycles. The number of hydrogen-bond acceptors (Lipinski definition) is 4. The topological polar surface area (TPSA) is 58.2 Å². The van der Waals surface area contributed by atoms with Crippen LogP contribution in [0.15, 0.2) is 0 Å². The summed E-state index contributed by atoms with van der Waals surface area (Å²) in [5, 5.41) is 1.99. The lowest BCUT2D eigenvalue weighted by Gasteiger charge is -2.12. The van der Waals surface area contributed by atoms with Gasteiger partial charge in [0.05, 0.1) is 5.37 Å². The van der Waals surface area contributed by atoms with Gasteiger partial charge in [-0.05, 0) is 0 Å². The standard InChI is InChI=1S/C4H7F3N2O2S2/c5-4(6,7)13(10,11)9-3-1-8-2-12-3/h3,8-9H,1-2H2. The molecule has 0 aromatic carbocycles. The van der Waals surface area contributed by atoms with Crippen molar-refractivity contribution in [2.45, 2.75) is 10.9 Å². The first kappa shape index (κ1) is 11.1. The maximum atomic E-state index is 11.8. The number of thioether (sulfide) groups is 1. The van der Waals surface area contributed by atoms with Gasteiger partial charge >= 0.3 is 15.5 Å². The average molecular weight is 236 g/mol. The van der Waals surface area contributed by atoms with E-state index in [2.05, 4.69) is 5.32 Å². The molecule has 1 saturated heterocycles. The van der Waals surface area contributed by atoms with Gasteiger partial charge in [0.15, 0.2) is 0 Å². The number of sulfonamides is 1. The molecule has 0 aliphatic carbocycles. The molecule has 0 aromatic rings. The van der Waals surface area contributed by atoms with Gasteiger partial charge in [-0.15, -0.1) is 11.8 Å². The number of hydrogen-bond donors (Lipinski definition) is 2. The van der Waals surface area contributed by atoms with Crippen LogP contribution in [-0.4, -0.2) is 31.7 Å². The highest BCUT2D eigenvalue weighted by atomic mass is 32.2. The third-order valence-corrected chi connectivity index (χ3v) is 3.72. The van der Waals surface area contributed by atoms with Crippen LogP contribution < -0.4 is 10.0 Å². The Hall–Kier alpha value is 0.01000. The van der Waals surface area contributed by atoms with Crippen LogP contribution in [0.4, 0.5) is 13.2 Å². The molecule has 1 atom stereocenters. The van der Waals surface area contributed by atoms with Crippen molar-refractivity contribution < 1.29 is 21.6 Å². The van der Waals surface area contributed by atoms with Crippen molar-refractivity contribution in [3.05, 3.63) is 0 Å². The highest BCUT2D eigenvalue weighted by molar-refractivity contribution is 8.01. The summed E-state index contributed by atoms with van der Waals surface area (Å²) >= 11 is 1.08. The van der Waals surface area contributed by atoms with E-state index in [1.807, 2.05) is 0 Å². The lowest BCUT2D eigenvalue weighted by molar-refractivity contribution is -0.0448. The van der Waals surface area contributed by atoms with Crippen LogP contribution in [0.1, 0.15) is 0 Å². The zero-order chi connectivity index (χ0) is 10.1. The maximum Gasteiger partial charge on any atom is 0.511 e. The molecule has 1 rings (SSSR count). The summed E-state index contributed by atoms with van der Waals surface area (Å²) in [6.07, 6.45) is 0. The van der Waals surface area contributed by atoms with Crippen molar-refractivity contribution in [2.24, 2.45) is 0 Å². The summed E-state index contributed by atoms with van der Waals surface area (Å²) < 4.78 is 58.0. The molecule has 1 aliphatic heterocycles. The van der Waals surface area contributed by atoms with Crippen molar-refractivity contribution in [1.82, 2.24) is 10.0 Å². The molecule has 78 valence electrons. The molecule has 9 heteroatoms. The minimum absolute atomic E-state index is 0.208. The van der Waals surface area contributed by atoms with E-state index in [1.54, 1.807) is 4.72 Å². The molecule has 0 saturated carbocycles. The Morgan fingerprint density at radius 3 is 2.46 bits per heavy atom. The quantitative estimate of drug-likeness (QED) is 0.711. The Bertz CT molecular complexity index is 270. The fourth-order valence-electron chi connectivity index (χ4n) is 0.724. The van der Waals surface area contributed by atoms with Crippen molar-refractivity contribution in [1.29, 1.82) is 0 Å². The molecular formula is C4H7F3N2O2S2. The van der Waals surface area contributed by atoms with Crippen LogP contribution in [-0.2, 0) is 10.0 Å². The number of rotatable bonds is 2. The van der Waals surface area contributed by atoms with Crippen LogP contribution in [0.2, 0.25) is 0 Å². The first-order valence-electron chi connectivity index (χ1n) is 3.24. The van der Waals surface area contributed by atoms with E-state index >= 15 is 0 Å². The largest absolute Gasteiger partial charge is 0.511 e. The number of halogens is 3. The number of alkyl halides is 3. The third-order valence-electron chi connectivity index (χ3n) is 1.31. The van der Waals surface area contributed by atoms with Gasteiger partial charge in [0, 0.05) is 12.4 Å². The Morgan fingerprint density at radius 2 is 2.08 bits per heavy atom. The summed E-state index contributed by atoms with van der Waals surface area (Å²) in [4.78, 5) is 0. The second kappa shape index (κ2) is 3.64. The minimum atomic E-state index is -5.23. The molecule has 0 amide bonds. The Kier molecular flexibility index (Phi) is 3.10. The average Bonchev–Trinajstić information content (AvgIpc) is 2.35. The van der Waals surface area contributed by atoms with Gasteiger partial charge in [0.25, 0.3) is 0 Å². The smallest absolute Gasteiger partial charge is 0.305 e. The zero-order valence-corrected chi connectivity index (χ0v) is 7.89. The van der Waals surface area contributed by atoms with Crippen molar-refractivity contribution in [3.8, 4) is 0 Å². The fraction of sp³-hybridized carbons (Fsp3) is 1.00. The van der Waals surface area contributed by atoms with Gasteiger partial charge in [-0.3, -0.25) is 0 Å². The van der Waals surface area contributed by atoms with E-state index in [4.69, 9.17) is 0 Å². The lowest BCUT2D eigenvalue weighted by atomic mass is 10.7. The van der Waals surface area contributed by atoms with Crippen LogP contribution in [0.3, 0.4) is 0 Å². The second-order valence-corrected chi connectivity index (χ2v) is 5.22. The van der Waals surface area contributed by atoms with E-state index < -0.39 is 20.9 Å². The van der Waals surface area contributed by atoms with Crippen molar-refractivity contribution >= 4 is 21.8 Å². The zero-order valence-electron chi connectivity index (χ0n) is 6.26. The summed E-state index contributed by atoms with van der Waals surface area (Å²) in [7, 11) is -5.19.